The molecule has 0 aliphatic carbocycles. The highest BCUT2D eigenvalue weighted by atomic mass is 16.5. The van der Waals surface area contributed by atoms with Crippen LogP contribution >= 0.6 is 0 Å². The van der Waals surface area contributed by atoms with Crippen molar-refractivity contribution >= 4 is 11.9 Å². The molecule has 0 saturated heterocycles. The number of nitrogens with one attached hydrogen (secondary N) is 1. The molecule has 7 nitrogen and oxygen atoms in total. The Kier molecular flexibility index (Phi) is 7.79. The van der Waals surface area contributed by atoms with E-state index in [4.69, 9.17) is 4.74 Å². The number of hydrogen-bond donors (Lipinski definition) is 4. The molecule has 3 rings (SSSR count). The lowest BCUT2D eigenvalue weighted by Crippen LogP contribution is -2.43. The van der Waals surface area contributed by atoms with Crippen molar-refractivity contribution < 1.29 is 29.6 Å². The number of ether oxygens (including phenoxy) is 1. The Bertz CT molecular complexity index is 1170. The molecule has 0 aromatic heterocycles. The summed E-state index contributed by atoms with van der Waals surface area (Å²) < 4.78 is 4.83. The van der Waals surface area contributed by atoms with E-state index in [1.165, 1.54) is 13.2 Å². The van der Waals surface area contributed by atoms with Crippen LogP contribution in [0.3, 0.4) is 0 Å². The maximum atomic E-state index is 13.1. The van der Waals surface area contributed by atoms with Crippen LogP contribution in [0.2, 0.25) is 0 Å². The summed E-state index contributed by atoms with van der Waals surface area (Å²) in [6.07, 6.45) is 0.414. The molecule has 0 saturated carbocycles. The second kappa shape index (κ2) is 10.7. The molecular formula is C27H29NO6. The first kappa shape index (κ1) is 24.6. The lowest BCUT2D eigenvalue weighted by Gasteiger charge is -2.19. The Hall–Kier alpha value is -4.00. The fraction of sp³-hybridized carbons (Fsp3) is 0.259. The minimum Gasteiger partial charge on any atom is -0.504 e. The van der Waals surface area contributed by atoms with E-state index in [1.54, 1.807) is 0 Å². The summed E-state index contributed by atoms with van der Waals surface area (Å²) in [7, 11) is 1.22. The summed E-state index contributed by atoms with van der Waals surface area (Å²) in [5.74, 6) is -3.25. The van der Waals surface area contributed by atoms with E-state index in [1.807, 2.05) is 68.4 Å². The highest BCUT2D eigenvalue weighted by Crippen LogP contribution is 2.41. The van der Waals surface area contributed by atoms with E-state index in [9.17, 15) is 24.9 Å². The number of rotatable bonds is 8. The van der Waals surface area contributed by atoms with Crippen LogP contribution in [0, 0.1) is 0 Å². The lowest BCUT2D eigenvalue weighted by atomic mass is 9.92. The average molecular weight is 464 g/mol. The fourth-order valence-electron chi connectivity index (χ4n) is 3.90. The maximum Gasteiger partial charge on any atom is 0.328 e. The first-order valence-electron chi connectivity index (χ1n) is 11.0. The smallest absolute Gasteiger partial charge is 0.328 e. The molecule has 0 aliphatic heterocycles. The van der Waals surface area contributed by atoms with Crippen molar-refractivity contribution in [3.8, 4) is 17.2 Å². The standard InChI is InChI=1S/C27H29NO6/c1-16(2)20-12-8-7-11-18(20)14-19-15-21(24(30)25(31)23(19)29)26(32)28-22(27(33)34-3)13-17-9-5-4-6-10-17/h4-12,15-16,22,29-31H,13-14H2,1-3H3,(H,28,32). The first-order valence-corrected chi connectivity index (χ1v) is 11.0. The van der Waals surface area contributed by atoms with Crippen molar-refractivity contribution in [3.63, 3.8) is 0 Å². The van der Waals surface area contributed by atoms with E-state index >= 15 is 0 Å². The second-order valence-electron chi connectivity index (χ2n) is 8.40. The summed E-state index contributed by atoms with van der Waals surface area (Å²) in [5.41, 5.74) is 2.80. The van der Waals surface area contributed by atoms with Gasteiger partial charge in [0.2, 0.25) is 5.75 Å². The van der Waals surface area contributed by atoms with Crippen LogP contribution in [0.1, 0.15) is 52.4 Å². The zero-order valence-electron chi connectivity index (χ0n) is 19.4. The molecule has 1 amide bonds. The highest BCUT2D eigenvalue weighted by Gasteiger charge is 2.27. The van der Waals surface area contributed by atoms with Gasteiger partial charge in [0.05, 0.1) is 12.7 Å². The van der Waals surface area contributed by atoms with Gasteiger partial charge in [-0.15, -0.1) is 0 Å². The van der Waals surface area contributed by atoms with Crippen molar-refractivity contribution in [3.05, 3.63) is 88.5 Å². The summed E-state index contributed by atoms with van der Waals surface area (Å²) in [6.45, 7) is 4.09. The van der Waals surface area contributed by atoms with Gasteiger partial charge in [-0.25, -0.2) is 4.79 Å². The largest absolute Gasteiger partial charge is 0.504 e. The molecule has 178 valence electrons. The van der Waals surface area contributed by atoms with Crippen LogP contribution in [0.15, 0.2) is 60.7 Å². The van der Waals surface area contributed by atoms with Crippen LogP contribution in [0.5, 0.6) is 17.2 Å². The van der Waals surface area contributed by atoms with E-state index < -0.39 is 35.2 Å². The quantitative estimate of drug-likeness (QED) is 0.296. The molecule has 3 aromatic rings. The third-order valence-corrected chi connectivity index (χ3v) is 5.70. The van der Waals surface area contributed by atoms with Gasteiger partial charge < -0.3 is 25.4 Å². The third kappa shape index (κ3) is 5.49. The molecule has 1 unspecified atom stereocenters. The van der Waals surface area contributed by atoms with Crippen molar-refractivity contribution in [2.45, 2.75) is 38.6 Å². The number of phenolic OH excluding ortho intramolecular Hbond substituents is 3. The molecule has 0 radical (unpaired) electrons. The number of aromatic hydroxyl groups is 3. The topological polar surface area (TPSA) is 116 Å². The zero-order chi connectivity index (χ0) is 24.8. The van der Waals surface area contributed by atoms with Crippen molar-refractivity contribution in [1.82, 2.24) is 5.32 Å². The van der Waals surface area contributed by atoms with Crippen LogP contribution in [-0.2, 0) is 22.4 Å². The monoisotopic (exact) mass is 463 g/mol. The number of esters is 1. The Morgan fingerprint density at radius 1 is 0.882 bits per heavy atom. The normalized spacial score (nSPS) is 11.8. The van der Waals surface area contributed by atoms with Crippen molar-refractivity contribution in [2.75, 3.05) is 7.11 Å². The molecule has 34 heavy (non-hydrogen) atoms. The number of amides is 1. The molecule has 7 heteroatoms. The van der Waals surface area contributed by atoms with Crippen LogP contribution in [0.4, 0.5) is 0 Å². The molecule has 0 bridgehead atoms. The molecule has 0 fully saturated rings. The summed E-state index contributed by atoms with van der Waals surface area (Å²) in [5, 5.41) is 33.8. The predicted octanol–water partition coefficient (Wildman–Crippen LogP) is 4.03. The summed E-state index contributed by atoms with van der Waals surface area (Å²) in [4.78, 5) is 25.4. The molecular weight excluding hydrogens is 434 g/mol. The minimum absolute atomic E-state index is 0.179. The molecule has 1 atom stereocenters. The molecule has 0 aliphatic rings. The average Bonchev–Trinajstić information content (AvgIpc) is 2.84. The van der Waals surface area contributed by atoms with Gasteiger partial charge in [-0.2, -0.15) is 0 Å². The fourth-order valence-corrected chi connectivity index (χ4v) is 3.90. The number of carbonyl (C=O) groups is 2. The minimum atomic E-state index is -1.01. The van der Waals surface area contributed by atoms with Gasteiger partial charge in [-0.3, -0.25) is 4.79 Å². The number of benzene rings is 3. The Labute approximate surface area is 198 Å². The third-order valence-electron chi connectivity index (χ3n) is 5.70. The number of methoxy groups -OCH3 is 1. The molecule has 0 heterocycles. The van der Waals surface area contributed by atoms with Gasteiger partial charge in [0, 0.05) is 18.4 Å². The van der Waals surface area contributed by atoms with Crippen LogP contribution in [-0.4, -0.2) is 40.3 Å². The second-order valence-corrected chi connectivity index (χ2v) is 8.40. The Balaban J connectivity index is 1.93. The summed E-state index contributed by atoms with van der Waals surface area (Å²) >= 11 is 0. The van der Waals surface area contributed by atoms with Crippen molar-refractivity contribution in [2.24, 2.45) is 0 Å². The highest BCUT2D eigenvalue weighted by molar-refractivity contribution is 6.00. The van der Waals surface area contributed by atoms with Gasteiger partial charge in [-0.1, -0.05) is 68.4 Å². The lowest BCUT2D eigenvalue weighted by molar-refractivity contribution is -0.142. The van der Waals surface area contributed by atoms with Crippen molar-refractivity contribution in [1.29, 1.82) is 0 Å². The van der Waals surface area contributed by atoms with Gasteiger partial charge in [0.25, 0.3) is 5.91 Å². The molecule has 0 spiro atoms. The SMILES string of the molecule is COC(=O)C(Cc1ccccc1)NC(=O)c1cc(Cc2ccccc2C(C)C)c(O)c(O)c1O. The van der Waals surface area contributed by atoms with E-state index in [-0.39, 0.29) is 29.9 Å². The van der Waals surface area contributed by atoms with E-state index in [2.05, 4.69) is 5.32 Å². The van der Waals surface area contributed by atoms with Gasteiger partial charge in [0.15, 0.2) is 11.5 Å². The maximum absolute atomic E-state index is 13.1. The molecule has 3 aromatic carbocycles. The van der Waals surface area contributed by atoms with Gasteiger partial charge in [0.1, 0.15) is 6.04 Å². The predicted molar refractivity (Wildman–Crippen MR) is 128 cm³/mol. The first-order chi connectivity index (χ1) is 16.2. The number of hydrogen-bond acceptors (Lipinski definition) is 6. The van der Waals surface area contributed by atoms with Crippen LogP contribution in [0.25, 0.3) is 0 Å². The number of carbonyl (C=O) groups excluding carboxylic acids is 2. The number of phenols is 3. The van der Waals surface area contributed by atoms with Crippen LogP contribution < -0.4 is 5.32 Å². The molecule has 4 N–H and O–H groups in total. The zero-order valence-corrected chi connectivity index (χ0v) is 19.4. The van der Waals surface area contributed by atoms with Gasteiger partial charge in [-0.05, 0) is 28.7 Å². The van der Waals surface area contributed by atoms with Gasteiger partial charge >= 0.3 is 5.97 Å². The van der Waals surface area contributed by atoms with E-state index in [0.29, 0.717) is 0 Å². The Morgan fingerprint density at radius 3 is 2.18 bits per heavy atom. The Morgan fingerprint density at radius 2 is 1.53 bits per heavy atom. The summed E-state index contributed by atoms with van der Waals surface area (Å²) in [6, 6.07) is 17.1. The van der Waals surface area contributed by atoms with E-state index in [0.717, 1.165) is 16.7 Å².